The number of rotatable bonds is 6. The molecule has 5 heteroatoms. The molecule has 0 unspecified atom stereocenters. The molecule has 0 aliphatic heterocycles. The molecule has 1 aliphatic rings. The van der Waals surface area contributed by atoms with Crippen LogP contribution in [0.5, 0.6) is 0 Å². The third-order valence-corrected chi connectivity index (χ3v) is 4.89. The number of aromatic nitrogens is 1. The standard InChI is InChI=1S/C20H23FN2O2/c21-20(9-7-16(8-10-20)19(24)25)14-22-13-15-4-3-5-17(12-15)18-6-1-2-11-23-18/h1-6,11-12,16,22H,7-10,13-14H2,(H,24,25). The van der Waals surface area contributed by atoms with Crippen LogP contribution in [-0.2, 0) is 11.3 Å². The summed E-state index contributed by atoms with van der Waals surface area (Å²) >= 11 is 0. The van der Waals surface area contributed by atoms with Crippen molar-refractivity contribution >= 4 is 5.97 Å². The summed E-state index contributed by atoms with van der Waals surface area (Å²) in [5.74, 6) is -1.19. The van der Waals surface area contributed by atoms with Gasteiger partial charge in [-0.05, 0) is 49.4 Å². The second-order valence-corrected chi connectivity index (χ2v) is 6.78. The first kappa shape index (κ1) is 17.5. The average molecular weight is 342 g/mol. The van der Waals surface area contributed by atoms with Gasteiger partial charge in [-0.2, -0.15) is 0 Å². The quantitative estimate of drug-likeness (QED) is 0.838. The van der Waals surface area contributed by atoms with Crippen molar-refractivity contribution in [1.82, 2.24) is 10.3 Å². The molecule has 132 valence electrons. The molecular weight excluding hydrogens is 319 g/mol. The minimum atomic E-state index is -1.30. The number of benzene rings is 1. The summed E-state index contributed by atoms with van der Waals surface area (Å²) in [5, 5.41) is 12.2. The van der Waals surface area contributed by atoms with E-state index in [4.69, 9.17) is 5.11 Å². The Balaban J connectivity index is 1.53. The largest absolute Gasteiger partial charge is 0.481 e. The van der Waals surface area contributed by atoms with Crippen molar-refractivity contribution in [1.29, 1.82) is 0 Å². The monoisotopic (exact) mass is 342 g/mol. The second kappa shape index (κ2) is 7.74. The Labute approximate surface area is 147 Å². The molecule has 4 nitrogen and oxygen atoms in total. The van der Waals surface area contributed by atoms with Gasteiger partial charge in [-0.25, -0.2) is 4.39 Å². The fraction of sp³-hybridized carbons (Fsp3) is 0.400. The van der Waals surface area contributed by atoms with E-state index in [1.54, 1.807) is 6.20 Å². The van der Waals surface area contributed by atoms with E-state index < -0.39 is 11.6 Å². The number of hydrogen-bond donors (Lipinski definition) is 2. The highest BCUT2D eigenvalue weighted by atomic mass is 19.1. The molecule has 1 fully saturated rings. The minimum Gasteiger partial charge on any atom is -0.481 e. The number of halogens is 1. The fourth-order valence-electron chi connectivity index (χ4n) is 3.36. The van der Waals surface area contributed by atoms with Crippen molar-refractivity contribution in [3.63, 3.8) is 0 Å². The van der Waals surface area contributed by atoms with Gasteiger partial charge in [0.25, 0.3) is 0 Å². The highest BCUT2D eigenvalue weighted by Crippen LogP contribution is 2.34. The summed E-state index contributed by atoms with van der Waals surface area (Å²) in [4.78, 5) is 15.3. The van der Waals surface area contributed by atoms with Crippen molar-refractivity contribution in [3.05, 3.63) is 54.2 Å². The highest BCUT2D eigenvalue weighted by molar-refractivity contribution is 5.70. The third-order valence-electron chi connectivity index (χ3n) is 4.89. The molecule has 2 N–H and O–H groups in total. The Morgan fingerprint density at radius 1 is 1.24 bits per heavy atom. The summed E-state index contributed by atoms with van der Waals surface area (Å²) in [5.41, 5.74) is 1.73. The zero-order valence-corrected chi connectivity index (χ0v) is 14.1. The lowest BCUT2D eigenvalue weighted by molar-refractivity contribution is -0.143. The van der Waals surface area contributed by atoms with Gasteiger partial charge in [0, 0.05) is 24.8 Å². The zero-order chi connectivity index (χ0) is 17.7. The molecule has 0 bridgehead atoms. The molecule has 0 spiro atoms. The number of nitrogens with one attached hydrogen (secondary N) is 1. The Morgan fingerprint density at radius 2 is 2.04 bits per heavy atom. The number of hydrogen-bond acceptors (Lipinski definition) is 3. The number of carboxylic acids is 1. The van der Waals surface area contributed by atoms with Crippen LogP contribution in [0.1, 0.15) is 31.2 Å². The highest BCUT2D eigenvalue weighted by Gasteiger charge is 2.37. The van der Waals surface area contributed by atoms with Crippen LogP contribution < -0.4 is 5.32 Å². The number of alkyl halides is 1. The number of carboxylic acid groups (broad SMARTS) is 1. The maximum absolute atomic E-state index is 14.8. The van der Waals surface area contributed by atoms with E-state index in [9.17, 15) is 9.18 Å². The summed E-state index contributed by atoms with van der Waals surface area (Å²) in [7, 11) is 0. The first-order chi connectivity index (χ1) is 12.1. The number of carbonyl (C=O) groups is 1. The van der Waals surface area contributed by atoms with Crippen molar-refractivity contribution in [2.45, 2.75) is 37.9 Å². The summed E-state index contributed by atoms with van der Waals surface area (Å²) in [6.07, 6.45) is 3.22. The first-order valence-corrected chi connectivity index (χ1v) is 8.69. The van der Waals surface area contributed by atoms with Gasteiger partial charge in [0.15, 0.2) is 0 Å². The molecule has 1 aromatic carbocycles. The predicted molar refractivity (Wildman–Crippen MR) is 94.8 cm³/mol. The molecule has 1 aromatic heterocycles. The summed E-state index contributed by atoms with van der Waals surface area (Å²) < 4.78 is 14.8. The molecule has 1 aliphatic carbocycles. The molecule has 1 saturated carbocycles. The predicted octanol–water partition coefficient (Wildman–Crippen LogP) is 3.82. The van der Waals surface area contributed by atoms with E-state index in [1.807, 2.05) is 36.4 Å². The topological polar surface area (TPSA) is 62.2 Å². The lowest BCUT2D eigenvalue weighted by Gasteiger charge is -2.32. The third kappa shape index (κ3) is 4.63. The van der Waals surface area contributed by atoms with Gasteiger partial charge in [0.05, 0.1) is 11.6 Å². The van der Waals surface area contributed by atoms with E-state index in [0.29, 0.717) is 32.2 Å². The van der Waals surface area contributed by atoms with Crippen LogP contribution in [0.4, 0.5) is 4.39 Å². The smallest absolute Gasteiger partial charge is 0.306 e. The van der Waals surface area contributed by atoms with E-state index in [2.05, 4.69) is 16.4 Å². The molecule has 0 atom stereocenters. The SMILES string of the molecule is O=C(O)C1CCC(F)(CNCc2cccc(-c3ccccn3)c2)CC1. The van der Waals surface area contributed by atoms with Gasteiger partial charge in [0.1, 0.15) is 5.67 Å². The lowest BCUT2D eigenvalue weighted by Crippen LogP contribution is -2.40. The van der Waals surface area contributed by atoms with Crippen LogP contribution in [0.25, 0.3) is 11.3 Å². The fourth-order valence-corrected chi connectivity index (χ4v) is 3.36. The van der Waals surface area contributed by atoms with Crippen LogP contribution in [0.2, 0.25) is 0 Å². The van der Waals surface area contributed by atoms with E-state index in [-0.39, 0.29) is 12.5 Å². The second-order valence-electron chi connectivity index (χ2n) is 6.78. The van der Waals surface area contributed by atoms with Crippen molar-refractivity contribution in [2.24, 2.45) is 5.92 Å². The molecule has 1 heterocycles. The normalized spacial score (nSPS) is 23.3. The maximum Gasteiger partial charge on any atom is 0.306 e. The molecule has 0 saturated heterocycles. The van der Waals surface area contributed by atoms with Crippen LogP contribution in [0.15, 0.2) is 48.7 Å². The van der Waals surface area contributed by atoms with Crippen LogP contribution in [0, 0.1) is 5.92 Å². The average Bonchev–Trinajstić information content (AvgIpc) is 2.63. The first-order valence-electron chi connectivity index (χ1n) is 8.69. The van der Waals surface area contributed by atoms with Crippen LogP contribution in [0.3, 0.4) is 0 Å². The Hall–Kier alpha value is -2.27. The molecular formula is C20H23FN2O2. The van der Waals surface area contributed by atoms with Crippen molar-refractivity contribution < 1.29 is 14.3 Å². The van der Waals surface area contributed by atoms with Gasteiger partial charge >= 0.3 is 5.97 Å². The molecule has 2 aromatic rings. The Bertz CT molecular complexity index is 713. The van der Waals surface area contributed by atoms with Gasteiger partial charge in [0.2, 0.25) is 0 Å². The van der Waals surface area contributed by atoms with Gasteiger partial charge in [-0.1, -0.05) is 24.3 Å². The number of aliphatic carboxylic acids is 1. The Morgan fingerprint density at radius 3 is 2.72 bits per heavy atom. The van der Waals surface area contributed by atoms with Crippen LogP contribution >= 0.6 is 0 Å². The molecule has 0 radical (unpaired) electrons. The summed E-state index contributed by atoms with van der Waals surface area (Å²) in [6, 6.07) is 13.8. The van der Waals surface area contributed by atoms with Gasteiger partial charge in [-0.3, -0.25) is 9.78 Å². The Kier molecular flexibility index (Phi) is 5.43. The number of nitrogens with zero attached hydrogens (tertiary/aromatic N) is 1. The maximum atomic E-state index is 14.8. The lowest BCUT2D eigenvalue weighted by atomic mass is 9.80. The van der Waals surface area contributed by atoms with Gasteiger partial charge in [-0.15, -0.1) is 0 Å². The van der Waals surface area contributed by atoms with Gasteiger partial charge < -0.3 is 10.4 Å². The molecule has 3 rings (SSSR count). The molecule has 0 amide bonds. The zero-order valence-electron chi connectivity index (χ0n) is 14.1. The van der Waals surface area contributed by atoms with Crippen molar-refractivity contribution in [2.75, 3.05) is 6.54 Å². The minimum absolute atomic E-state index is 0.257. The van der Waals surface area contributed by atoms with E-state index >= 15 is 0 Å². The summed E-state index contributed by atoms with van der Waals surface area (Å²) in [6.45, 7) is 0.835. The molecule has 25 heavy (non-hydrogen) atoms. The van der Waals surface area contributed by atoms with Crippen LogP contribution in [-0.4, -0.2) is 28.3 Å². The van der Waals surface area contributed by atoms with E-state index in [0.717, 1.165) is 16.8 Å². The van der Waals surface area contributed by atoms with E-state index in [1.165, 1.54) is 0 Å². The number of pyridine rings is 1. The van der Waals surface area contributed by atoms with Crippen molar-refractivity contribution in [3.8, 4) is 11.3 Å².